The second kappa shape index (κ2) is 5.66. The van der Waals surface area contributed by atoms with E-state index >= 15 is 0 Å². The van der Waals surface area contributed by atoms with Crippen LogP contribution in [0.15, 0.2) is 18.3 Å². The molecule has 90 valence electrons. The van der Waals surface area contributed by atoms with Crippen LogP contribution in [0.25, 0.3) is 0 Å². The molecule has 0 bridgehead atoms. The van der Waals surface area contributed by atoms with Crippen molar-refractivity contribution in [3.63, 3.8) is 0 Å². The fraction of sp³-hybridized carbons (Fsp3) is 0.444. The summed E-state index contributed by atoms with van der Waals surface area (Å²) in [5, 5.41) is 0. The van der Waals surface area contributed by atoms with Crippen molar-refractivity contribution in [3.05, 3.63) is 24.0 Å². The summed E-state index contributed by atoms with van der Waals surface area (Å²) in [5.41, 5.74) is 5.99. The summed E-state index contributed by atoms with van der Waals surface area (Å²) in [6, 6.07) is 3.19. The van der Waals surface area contributed by atoms with E-state index < -0.39 is 19.6 Å². The standard InChI is InChI=1S/C9H11F3N2O2/c10-9(11,12)5-15-6-16-8-2-1-7(3-13)14-4-8/h1-2,4H,3,5-6,13H2. The average molecular weight is 236 g/mol. The molecule has 2 N–H and O–H groups in total. The third kappa shape index (κ3) is 4.94. The molecule has 0 spiro atoms. The number of nitrogens with zero attached hydrogens (tertiary/aromatic N) is 1. The van der Waals surface area contributed by atoms with Gasteiger partial charge in [0.1, 0.15) is 12.4 Å². The fourth-order valence-corrected chi connectivity index (χ4v) is 0.884. The summed E-state index contributed by atoms with van der Waals surface area (Å²) >= 11 is 0. The molecule has 0 fully saturated rings. The Balaban J connectivity index is 2.27. The number of nitrogens with two attached hydrogens (primary N) is 1. The van der Waals surface area contributed by atoms with Gasteiger partial charge in [-0.2, -0.15) is 13.2 Å². The zero-order chi connectivity index (χ0) is 12.0. The highest BCUT2D eigenvalue weighted by Gasteiger charge is 2.27. The topological polar surface area (TPSA) is 57.4 Å². The number of hydrogen-bond acceptors (Lipinski definition) is 4. The molecule has 1 rings (SSSR count). The Morgan fingerprint density at radius 2 is 2.06 bits per heavy atom. The van der Waals surface area contributed by atoms with E-state index in [1.165, 1.54) is 6.20 Å². The maximum Gasteiger partial charge on any atom is 0.411 e. The lowest BCUT2D eigenvalue weighted by molar-refractivity contribution is -0.186. The quantitative estimate of drug-likeness (QED) is 0.621. The molecule has 0 radical (unpaired) electrons. The van der Waals surface area contributed by atoms with Gasteiger partial charge in [0.25, 0.3) is 0 Å². The molecule has 0 unspecified atom stereocenters. The molecular weight excluding hydrogens is 225 g/mol. The summed E-state index contributed by atoms with van der Waals surface area (Å²) in [4.78, 5) is 3.90. The Hall–Kier alpha value is -1.34. The Labute approximate surface area is 90.2 Å². The van der Waals surface area contributed by atoms with Crippen LogP contribution < -0.4 is 10.5 Å². The number of halogens is 3. The van der Waals surface area contributed by atoms with Crippen LogP contribution in [0.1, 0.15) is 5.69 Å². The van der Waals surface area contributed by atoms with Gasteiger partial charge in [0, 0.05) is 6.54 Å². The van der Waals surface area contributed by atoms with Gasteiger partial charge in [-0.1, -0.05) is 0 Å². The van der Waals surface area contributed by atoms with Crippen LogP contribution in [0.4, 0.5) is 13.2 Å². The SMILES string of the molecule is NCc1ccc(OCOCC(F)(F)F)cn1. The van der Waals surface area contributed by atoms with Crippen molar-refractivity contribution in [1.29, 1.82) is 0 Å². The second-order valence-electron chi connectivity index (χ2n) is 2.92. The molecule has 1 aromatic heterocycles. The minimum atomic E-state index is -4.34. The molecule has 0 atom stereocenters. The second-order valence-corrected chi connectivity index (χ2v) is 2.92. The average Bonchev–Trinajstić information content (AvgIpc) is 2.24. The summed E-state index contributed by atoms with van der Waals surface area (Å²) in [5.74, 6) is 0.333. The van der Waals surface area contributed by atoms with Crippen LogP contribution >= 0.6 is 0 Å². The maximum atomic E-state index is 11.7. The third-order valence-corrected chi connectivity index (χ3v) is 1.58. The van der Waals surface area contributed by atoms with Crippen LogP contribution in [-0.2, 0) is 11.3 Å². The minimum absolute atomic E-state index is 0.296. The van der Waals surface area contributed by atoms with Gasteiger partial charge < -0.3 is 15.2 Å². The zero-order valence-corrected chi connectivity index (χ0v) is 8.33. The highest BCUT2D eigenvalue weighted by atomic mass is 19.4. The summed E-state index contributed by atoms with van der Waals surface area (Å²) < 4.78 is 44.2. The van der Waals surface area contributed by atoms with E-state index in [9.17, 15) is 13.2 Å². The molecule has 0 aromatic carbocycles. The Bertz CT molecular complexity index is 314. The largest absolute Gasteiger partial charge is 0.466 e. The van der Waals surface area contributed by atoms with E-state index in [1.54, 1.807) is 12.1 Å². The van der Waals surface area contributed by atoms with E-state index in [0.717, 1.165) is 0 Å². The van der Waals surface area contributed by atoms with Gasteiger partial charge in [-0.25, -0.2) is 0 Å². The number of hydrogen-bond donors (Lipinski definition) is 1. The van der Waals surface area contributed by atoms with Gasteiger partial charge >= 0.3 is 6.18 Å². The van der Waals surface area contributed by atoms with E-state index in [1.807, 2.05) is 0 Å². The summed E-state index contributed by atoms with van der Waals surface area (Å²) in [7, 11) is 0. The fourth-order valence-electron chi connectivity index (χ4n) is 0.884. The third-order valence-electron chi connectivity index (χ3n) is 1.58. The van der Waals surface area contributed by atoms with Crippen molar-refractivity contribution in [2.45, 2.75) is 12.7 Å². The minimum Gasteiger partial charge on any atom is -0.466 e. The first-order valence-corrected chi connectivity index (χ1v) is 4.43. The van der Waals surface area contributed by atoms with Gasteiger partial charge in [-0.05, 0) is 12.1 Å². The number of rotatable bonds is 5. The molecule has 0 aliphatic carbocycles. The Kier molecular flexibility index (Phi) is 4.51. The molecule has 0 amide bonds. The number of pyridine rings is 1. The summed E-state index contributed by atoms with van der Waals surface area (Å²) in [6.45, 7) is -1.50. The van der Waals surface area contributed by atoms with Crippen LogP contribution in [0.2, 0.25) is 0 Å². The number of aromatic nitrogens is 1. The zero-order valence-electron chi connectivity index (χ0n) is 8.33. The van der Waals surface area contributed by atoms with Crippen LogP contribution in [0.5, 0.6) is 5.75 Å². The van der Waals surface area contributed by atoms with E-state index in [-0.39, 0.29) is 0 Å². The monoisotopic (exact) mass is 236 g/mol. The highest BCUT2D eigenvalue weighted by molar-refractivity contribution is 5.19. The van der Waals surface area contributed by atoms with Gasteiger partial charge in [-0.15, -0.1) is 0 Å². The molecule has 1 aromatic rings. The molecule has 16 heavy (non-hydrogen) atoms. The number of alkyl halides is 3. The van der Waals surface area contributed by atoms with Crippen molar-refractivity contribution in [3.8, 4) is 5.75 Å². The lowest BCUT2D eigenvalue weighted by Crippen LogP contribution is -2.19. The molecule has 1 heterocycles. The molecule has 4 nitrogen and oxygen atoms in total. The highest BCUT2D eigenvalue weighted by Crippen LogP contribution is 2.15. The Morgan fingerprint density at radius 1 is 1.31 bits per heavy atom. The van der Waals surface area contributed by atoms with E-state index in [0.29, 0.717) is 18.0 Å². The Morgan fingerprint density at radius 3 is 2.56 bits per heavy atom. The van der Waals surface area contributed by atoms with Crippen molar-refractivity contribution in [2.75, 3.05) is 13.4 Å². The van der Waals surface area contributed by atoms with Gasteiger partial charge in [-0.3, -0.25) is 4.98 Å². The van der Waals surface area contributed by atoms with Crippen LogP contribution in [0.3, 0.4) is 0 Å². The first-order chi connectivity index (χ1) is 7.51. The van der Waals surface area contributed by atoms with Crippen molar-refractivity contribution in [2.24, 2.45) is 5.73 Å². The first-order valence-electron chi connectivity index (χ1n) is 4.43. The molecular formula is C9H11F3N2O2. The predicted molar refractivity (Wildman–Crippen MR) is 49.6 cm³/mol. The van der Waals surface area contributed by atoms with Crippen LogP contribution in [0, 0.1) is 0 Å². The van der Waals surface area contributed by atoms with E-state index in [4.69, 9.17) is 10.5 Å². The smallest absolute Gasteiger partial charge is 0.411 e. The van der Waals surface area contributed by atoms with E-state index in [2.05, 4.69) is 9.72 Å². The lowest BCUT2D eigenvalue weighted by atomic mass is 10.3. The van der Waals surface area contributed by atoms with Gasteiger partial charge in [0.2, 0.25) is 0 Å². The van der Waals surface area contributed by atoms with Crippen LogP contribution in [-0.4, -0.2) is 24.6 Å². The predicted octanol–water partition coefficient (Wildman–Crippen LogP) is 1.46. The molecule has 0 saturated heterocycles. The lowest BCUT2D eigenvalue weighted by Gasteiger charge is -2.09. The van der Waals surface area contributed by atoms with Crippen molar-refractivity contribution in [1.82, 2.24) is 4.98 Å². The molecule has 0 saturated carbocycles. The van der Waals surface area contributed by atoms with Gasteiger partial charge in [0.05, 0.1) is 11.9 Å². The normalized spacial score (nSPS) is 11.5. The molecule has 0 aliphatic heterocycles. The molecule has 7 heteroatoms. The number of ether oxygens (including phenoxy) is 2. The van der Waals surface area contributed by atoms with Crippen molar-refractivity contribution < 1.29 is 22.6 Å². The molecule has 0 aliphatic rings. The van der Waals surface area contributed by atoms with Gasteiger partial charge in [0.15, 0.2) is 6.79 Å². The first kappa shape index (κ1) is 12.7. The summed E-state index contributed by atoms with van der Waals surface area (Å²) in [6.07, 6.45) is -2.97. The maximum absolute atomic E-state index is 11.7. The van der Waals surface area contributed by atoms with Crippen molar-refractivity contribution >= 4 is 0 Å².